The molecule has 1 aliphatic carbocycles. The molecular formula is C20H27IN2O4. The van der Waals surface area contributed by atoms with Crippen molar-refractivity contribution in [3.8, 4) is 0 Å². The third-order valence-corrected chi connectivity index (χ3v) is 6.21. The van der Waals surface area contributed by atoms with Gasteiger partial charge in [-0.05, 0) is 59.7 Å². The lowest BCUT2D eigenvalue weighted by Crippen LogP contribution is -2.59. The average molecular weight is 486 g/mol. The summed E-state index contributed by atoms with van der Waals surface area (Å²) in [6.07, 6.45) is 5.82. The van der Waals surface area contributed by atoms with Crippen LogP contribution in [0.3, 0.4) is 0 Å². The first-order chi connectivity index (χ1) is 13.1. The molecular weight excluding hydrogens is 459 g/mol. The first-order valence-electron chi connectivity index (χ1n) is 9.61. The number of morpholine rings is 1. The van der Waals surface area contributed by atoms with Gasteiger partial charge in [-0.25, -0.2) is 4.79 Å². The molecule has 148 valence electrons. The van der Waals surface area contributed by atoms with E-state index in [1.54, 1.807) is 12.1 Å². The minimum absolute atomic E-state index is 0.0117. The fraction of sp³-hybridized carbons (Fsp3) is 0.600. The van der Waals surface area contributed by atoms with Crippen molar-refractivity contribution in [2.24, 2.45) is 0 Å². The summed E-state index contributed by atoms with van der Waals surface area (Å²) in [5, 5.41) is 3.01. The molecule has 3 rings (SSSR count). The molecule has 2 fully saturated rings. The van der Waals surface area contributed by atoms with Crippen molar-refractivity contribution < 1.29 is 19.1 Å². The molecule has 1 saturated heterocycles. The molecule has 1 aromatic carbocycles. The van der Waals surface area contributed by atoms with Gasteiger partial charge in [0.1, 0.15) is 0 Å². The van der Waals surface area contributed by atoms with E-state index < -0.39 is 5.97 Å². The van der Waals surface area contributed by atoms with Gasteiger partial charge in [0.25, 0.3) is 5.91 Å². The Morgan fingerprint density at radius 2 is 1.78 bits per heavy atom. The molecule has 1 aliphatic heterocycles. The maximum Gasteiger partial charge on any atom is 0.338 e. The summed E-state index contributed by atoms with van der Waals surface area (Å²) in [7, 11) is 0. The molecule has 6 nitrogen and oxygen atoms in total. The summed E-state index contributed by atoms with van der Waals surface area (Å²) in [6.45, 7) is 3.69. The number of carbonyl (C=O) groups is 2. The Morgan fingerprint density at radius 1 is 1.11 bits per heavy atom. The Hall–Kier alpha value is -1.19. The molecule has 0 bridgehead atoms. The van der Waals surface area contributed by atoms with Gasteiger partial charge in [-0.2, -0.15) is 0 Å². The monoisotopic (exact) mass is 486 g/mol. The van der Waals surface area contributed by atoms with Gasteiger partial charge in [0.2, 0.25) is 0 Å². The van der Waals surface area contributed by atoms with Gasteiger partial charge in [-0.1, -0.05) is 19.3 Å². The summed E-state index contributed by atoms with van der Waals surface area (Å²) < 4.78 is 11.7. The Labute approximate surface area is 174 Å². The second-order valence-electron chi connectivity index (χ2n) is 7.24. The summed E-state index contributed by atoms with van der Waals surface area (Å²) in [5.74, 6) is -0.714. The van der Waals surface area contributed by atoms with Crippen molar-refractivity contribution >= 4 is 34.5 Å². The molecule has 27 heavy (non-hydrogen) atoms. The highest BCUT2D eigenvalue weighted by Gasteiger charge is 2.38. The molecule has 0 radical (unpaired) electrons. The number of carbonyl (C=O) groups excluding carboxylic acids is 2. The number of hydrogen-bond donors (Lipinski definition) is 1. The molecule has 0 spiro atoms. The topological polar surface area (TPSA) is 67.9 Å². The van der Waals surface area contributed by atoms with E-state index in [0.29, 0.717) is 12.1 Å². The van der Waals surface area contributed by atoms with Crippen molar-refractivity contribution in [2.75, 3.05) is 39.5 Å². The lowest BCUT2D eigenvalue weighted by molar-refractivity contribution is -0.125. The Balaban J connectivity index is 1.50. The largest absolute Gasteiger partial charge is 0.452 e. The van der Waals surface area contributed by atoms with Crippen LogP contribution >= 0.6 is 22.6 Å². The second-order valence-corrected chi connectivity index (χ2v) is 8.49. The molecule has 1 aromatic rings. The zero-order chi connectivity index (χ0) is 19.1. The predicted octanol–water partition coefficient (Wildman–Crippen LogP) is 2.60. The number of benzene rings is 1. The lowest BCUT2D eigenvalue weighted by Gasteiger charge is -2.48. The van der Waals surface area contributed by atoms with E-state index in [9.17, 15) is 9.59 Å². The van der Waals surface area contributed by atoms with Gasteiger partial charge in [0.05, 0.1) is 18.8 Å². The average Bonchev–Trinajstić information content (AvgIpc) is 2.72. The molecule has 0 aromatic heterocycles. The van der Waals surface area contributed by atoms with Crippen LogP contribution in [0.5, 0.6) is 0 Å². The minimum Gasteiger partial charge on any atom is -0.452 e. The van der Waals surface area contributed by atoms with Gasteiger partial charge in [-0.3, -0.25) is 9.69 Å². The van der Waals surface area contributed by atoms with Crippen molar-refractivity contribution in [3.63, 3.8) is 0 Å². The number of ether oxygens (including phenoxy) is 2. The summed E-state index contributed by atoms with van der Waals surface area (Å²) in [6, 6.07) is 7.09. The summed E-state index contributed by atoms with van der Waals surface area (Å²) >= 11 is 2.18. The molecule has 2 aliphatic rings. The van der Waals surface area contributed by atoms with Gasteiger partial charge in [0.15, 0.2) is 6.61 Å². The van der Waals surface area contributed by atoms with E-state index in [1.807, 2.05) is 12.1 Å². The van der Waals surface area contributed by atoms with Crippen LogP contribution in [0.15, 0.2) is 24.3 Å². The summed E-state index contributed by atoms with van der Waals surface area (Å²) in [4.78, 5) is 26.8. The molecule has 0 atom stereocenters. The van der Waals surface area contributed by atoms with Crippen LogP contribution in [-0.4, -0.2) is 61.8 Å². The number of nitrogens with one attached hydrogen (secondary N) is 1. The SMILES string of the molecule is O=C(COC(=O)c1ccc(I)cc1)NCC1(N2CCOCC2)CCCCC1. The maximum absolute atomic E-state index is 12.3. The molecule has 1 N–H and O–H groups in total. The number of esters is 1. The Morgan fingerprint density at radius 3 is 2.44 bits per heavy atom. The minimum atomic E-state index is -0.470. The highest BCUT2D eigenvalue weighted by atomic mass is 127. The normalized spacial score (nSPS) is 20.0. The highest BCUT2D eigenvalue weighted by molar-refractivity contribution is 14.1. The Kier molecular flexibility index (Phi) is 7.49. The van der Waals surface area contributed by atoms with E-state index in [-0.39, 0.29) is 18.1 Å². The van der Waals surface area contributed by atoms with Crippen LogP contribution < -0.4 is 5.32 Å². The van der Waals surface area contributed by atoms with E-state index in [1.165, 1.54) is 19.3 Å². The van der Waals surface area contributed by atoms with Gasteiger partial charge >= 0.3 is 5.97 Å². The van der Waals surface area contributed by atoms with Crippen LogP contribution in [0.1, 0.15) is 42.5 Å². The van der Waals surface area contributed by atoms with Crippen molar-refractivity contribution in [2.45, 2.75) is 37.6 Å². The van der Waals surface area contributed by atoms with Crippen molar-refractivity contribution in [1.29, 1.82) is 0 Å². The van der Waals surface area contributed by atoms with Gasteiger partial charge < -0.3 is 14.8 Å². The zero-order valence-corrected chi connectivity index (χ0v) is 17.7. The molecule has 1 saturated carbocycles. The molecule has 1 amide bonds. The smallest absolute Gasteiger partial charge is 0.338 e. The van der Waals surface area contributed by atoms with E-state index in [0.717, 1.165) is 42.7 Å². The van der Waals surface area contributed by atoms with Crippen LogP contribution in [0.25, 0.3) is 0 Å². The van der Waals surface area contributed by atoms with E-state index in [2.05, 4.69) is 32.8 Å². The number of rotatable bonds is 6. The van der Waals surface area contributed by atoms with E-state index in [4.69, 9.17) is 9.47 Å². The van der Waals surface area contributed by atoms with Crippen molar-refractivity contribution in [1.82, 2.24) is 10.2 Å². The van der Waals surface area contributed by atoms with Crippen LogP contribution in [0.4, 0.5) is 0 Å². The van der Waals surface area contributed by atoms with E-state index >= 15 is 0 Å². The predicted molar refractivity (Wildman–Crippen MR) is 111 cm³/mol. The number of halogens is 1. The van der Waals surface area contributed by atoms with Crippen LogP contribution in [0.2, 0.25) is 0 Å². The quantitative estimate of drug-likeness (QED) is 0.495. The summed E-state index contributed by atoms with van der Waals surface area (Å²) in [5.41, 5.74) is 0.470. The molecule has 7 heteroatoms. The van der Waals surface area contributed by atoms with Crippen molar-refractivity contribution in [3.05, 3.63) is 33.4 Å². The fourth-order valence-electron chi connectivity index (χ4n) is 3.97. The third-order valence-electron chi connectivity index (χ3n) is 5.50. The number of nitrogens with zero attached hydrogens (tertiary/aromatic N) is 1. The molecule has 0 unspecified atom stereocenters. The second kappa shape index (κ2) is 9.84. The highest BCUT2D eigenvalue weighted by Crippen LogP contribution is 2.33. The zero-order valence-electron chi connectivity index (χ0n) is 15.5. The number of hydrogen-bond acceptors (Lipinski definition) is 5. The first-order valence-corrected chi connectivity index (χ1v) is 10.7. The molecule has 1 heterocycles. The standard InChI is InChI=1S/C20H27IN2O4/c21-17-6-4-16(5-7-17)19(25)27-14-18(24)22-15-20(8-2-1-3-9-20)23-10-12-26-13-11-23/h4-7H,1-3,8-15H2,(H,22,24). The Bertz CT molecular complexity index is 638. The fourth-order valence-corrected chi connectivity index (χ4v) is 4.33. The van der Waals surface area contributed by atoms with Gasteiger partial charge in [0, 0.05) is 28.7 Å². The third kappa shape index (κ3) is 5.65. The number of amides is 1. The first kappa shape index (κ1) is 20.5. The lowest BCUT2D eigenvalue weighted by atomic mass is 9.79. The maximum atomic E-state index is 12.3. The van der Waals surface area contributed by atoms with Crippen LogP contribution in [0, 0.1) is 3.57 Å². The van der Waals surface area contributed by atoms with Crippen LogP contribution in [-0.2, 0) is 14.3 Å². The van der Waals surface area contributed by atoms with Gasteiger partial charge in [-0.15, -0.1) is 0 Å².